The Kier molecular flexibility index (Phi) is 4.86. The van der Waals surface area contributed by atoms with Gasteiger partial charge in [0.2, 0.25) is 0 Å². The summed E-state index contributed by atoms with van der Waals surface area (Å²) in [7, 11) is 1.40. The number of aryl methyl sites for hydroxylation is 2. The van der Waals surface area contributed by atoms with Gasteiger partial charge < -0.3 is 10.1 Å². The highest BCUT2D eigenvalue weighted by molar-refractivity contribution is 7.13. The highest BCUT2D eigenvalue weighted by Crippen LogP contribution is 2.18. The molecule has 0 spiro atoms. The van der Waals surface area contributed by atoms with Crippen LogP contribution in [0.4, 0.5) is 5.13 Å². The third-order valence-corrected chi connectivity index (χ3v) is 4.12. The Morgan fingerprint density at radius 2 is 2.11 bits per heavy atom. The number of carbonyl (C=O) groups is 1. The number of hydrogen-bond acceptors (Lipinski definition) is 7. The van der Waals surface area contributed by atoms with E-state index < -0.39 is 0 Å². The average Bonchev–Trinajstić information content (AvgIpc) is 3.02. The molecule has 102 valence electrons. The molecule has 0 unspecified atom stereocenters. The third kappa shape index (κ3) is 4.29. The van der Waals surface area contributed by atoms with Gasteiger partial charge in [-0.05, 0) is 6.92 Å². The fourth-order valence-electron chi connectivity index (χ4n) is 1.49. The summed E-state index contributed by atoms with van der Waals surface area (Å²) in [5.74, 6) is -0.208. The van der Waals surface area contributed by atoms with E-state index in [1.165, 1.54) is 18.4 Å². The molecule has 0 amide bonds. The van der Waals surface area contributed by atoms with Gasteiger partial charge in [0.15, 0.2) is 5.13 Å². The summed E-state index contributed by atoms with van der Waals surface area (Å²) in [4.78, 5) is 19.8. The van der Waals surface area contributed by atoms with Crippen LogP contribution in [0.15, 0.2) is 10.8 Å². The van der Waals surface area contributed by atoms with Gasteiger partial charge in [-0.2, -0.15) is 0 Å². The average molecular weight is 297 g/mol. The molecule has 0 aliphatic carbocycles. The molecular formula is C12H15N3O2S2. The lowest BCUT2D eigenvalue weighted by molar-refractivity contribution is -0.140. The summed E-state index contributed by atoms with van der Waals surface area (Å²) in [6, 6.07) is 0. The summed E-state index contributed by atoms with van der Waals surface area (Å²) < 4.78 is 4.60. The number of nitrogens with one attached hydrogen (secondary N) is 1. The molecule has 0 radical (unpaired) electrons. The summed E-state index contributed by atoms with van der Waals surface area (Å²) >= 11 is 3.18. The van der Waals surface area contributed by atoms with E-state index in [0.29, 0.717) is 19.4 Å². The zero-order chi connectivity index (χ0) is 13.7. The number of ether oxygens (including phenoxy) is 1. The van der Waals surface area contributed by atoms with E-state index in [1.807, 2.05) is 17.7 Å². The number of rotatable bonds is 6. The maximum absolute atomic E-state index is 11.0. The minimum atomic E-state index is -0.208. The first kappa shape index (κ1) is 14.0. The molecule has 19 heavy (non-hydrogen) atoms. The minimum absolute atomic E-state index is 0.208. The van der Waals surface area contributed by atoms with E-state index in [4.69, 9.17) is 0 Å². The molecule has 0 saturated carbocycles. The third-order valence-electron chi connectivity index (χ3n) is 2.45. The lowest BCUT2D eigenvalue weighted by Crippen LogP contribution is -2.02. The number of anilines is 1. The maximum Gasteiger partial charge on any atom is 0.305 e. The molecule has 7 heteroatoms. The molecule has 2 rings (SSSR count). The first-order chi connectivity index (χ1) is 9.17. The largest absolute Gasteiger partial charge is 0.469 e. The number of hydrogen-bond donors (Lipinski definition) is 1. The smallest absolute Gasteiger partial charge is 0.305 e. The molecule has 2 heterocycles. The fraction of sp³-hybridized carbons (Fsp3) is 0.417. The van der Waals surface area contributed by atoms with Crippen LogP contribution in [0.2, 0.25) is 0 Å². The highest BCUT2D eigenvalue weighted by Gasteiger charge is 2.06. The van der Waals surface area contributed by atoms with Crippen LogP contribution in [0, 0.1) is 6.92 Å². The van der Waals surface area contributed by atoms with Gasteiger partial charge in [0.25, 0.3) is 0 Å². The second-order valence-corrected chi connectivity index (χ2v) is 5.85. The van der Waals surface area contributed by atoms with E-state index in [9.17, 15) is 4.79 Å². The van der Waals surface area contributed by atoms with E-state index in [0.717, 1.165) is 21.5 Å². The van der Waals surface area contributed by atoms with Crippen molar-refractivity contribution in [3.63, 3.8) is 0 Å². The first-order valence-electron chi connectivity index (χ1n) is 5.83. The molecule has 0 bridgehead atoms. The Bertz CT molecular complexity index is 551. The van der Waals surface area contributed by atoms with E-state index >= 15 is 0 Å². The van der Waals surface area contributed by atoms with Crippen molar-refractivity contribution in [1.82, 2.24) is 9.97 Å². The van der Waals surface area contributed by atoms with Crippen molar-refractivity contribution in [2.24, 2.45) is 0 Å². The van der Waals surface area contributed by atoms with Gasteiger partial charge in [-0.15, -0.1) is 22.7 Å². The standard InChI is InChI=1S/C12H15N3O2S2/c1-8-14-10(7-18-8)5-13-12-15-9(6-19-12)3-4-11(16)17-2/h6-7H,3-5H2,1-2H3,(H,13,15). The molecule has 0 saturated heterocycles. The second kappa shape index (κ2) is 6.63. The predicted octanol–water partition coefficient (Wildman–Crippen LogP) is 2.63. The molecule has 0 aromatic carbocycles. The van der Waals surface area contributed by atoms with E-state index in [2.05, 4.69) is 20.0 Å². The Morgan fingerprint density at radius 1 is 1.32 bits per heavy atom. The quantitative estimate of drug-likeness (QED) is 0.830. The molecule has 5 nitrogen and oxygen atoms in total. The van der Waals surface area contributed by atoms with Gasteiger partial charge in [-0.3, -0.25) is 4.79 Å². The van der Waals surface area contributed by atoms with Crippen molar-refractivity contribution in [2.45, 2.75) is 26.3 Å². The Hall–Kier alpha value is -1.47. The first-order valence-corrected chi connectivity index (χ1v) is 7.59. The molecule has 0 atom stereocenters. The molecule has 0 aliphatic heterocycles. The molecule has 0 fully saturated rings. The highest BCUT2D eigenvalue weighted by atomic mass is 32.1. The van der Waals surface area contributed by atoms with Crippen LogP contribution in [0.1, 0.15) is 22.8 Å². The fourth-order valence-corrected chi connectivity index (χ4v) is 2.85. The predicted molar refractivity (Wildman–Crippen MR) is 76.6 cm³/mol. The van der Waals surface area contributed by atoms with Crippen LogP contribution < -0.4 is 5.32 Å². The van der Waals surface area contributed by atoms with Crippen molar-refractivity contribution in [1.29, 1.82) is 0 Å². The lowest BCUT2D eigenvalue weighted by Gasteiger charge is -1.99. The van der Waals surface area contributed by atoms with Crippen molar-refractivity contribution >= 4 is 33.8 Å². The number of methoxy groups -OCH3 is 1. The van der Waals surface area contributed by atoms with Crippen molar-refractivity contribution in [3.05, 3.63) is 27.2 Å². The molecule has 1 N–H and O–H groups in total. The monoisotopic (exact) mass is 297 g/mol. The van der Waals surface area contributed by atoms with Gasteiger partial charge >= 0.3 is 5.97 Å². The van der Waals surface area contributed by atoms with Crippen LogP contribution in [-0.4, -0.2) is 23.0 Å². The second-order valence-electron chi connectivity index (χ2n) is 3.93. The number of nitrogens with zero attached hydrogens (tertiary/aromatic N) is 2. The summed E-state index contributed by atoms with van der Waals surface area (Å²) in [6.45, 7) is 2.66. The zero-order valence-corrected chi connectivity index (χ0v) is 12.4. The van der Waals surface area contributed by atoms with Gasteiger partial charge in [-0.1, -0.05) is 0 Å². The normalized spacial score (nSPS) is 10.4. The van der Waals surface area contributed by atoms with Crippen molar-refractivity contribution in [2.75, 3.05) is 12.4 Å². The van der Waals surface area contributed by atoms with Gasteiger partial charge in [-0.25, -0.2) is 9.97 Å². The van der Waals surface area contributed by atoms with Crippen LogP contribution in [0.5, 0.6) is 0 Å². The number of aromatic nitrogens is 2. The van der Waals surface area contributed by atoms with Crippen LogP contribution >= 0.6 is 22.7 Å². The Labute approximate surface area is 119 Å². The van der Waals surface area contributed by atoms with Crippen molar-refractivity contribution < 1.29 is 9.53 Å². The summed E-state index contributed by atoms with van der Waals surface area (Å²) in [5, 5.41) is 9.14. The lowest BCUT2D eigenvalue weighted by atomic mass is 10.2. The summed E-state index contributed by atoms with van der Waals surface area (Å²) in [5.41, 5.74) is 1.93. The Balaban J connectivity index is 1.82. The van der Waals surface area contributed by atoms with Gasteiger partial charge in [0.05, 0.1) is 36.5 Å². The summed E-state index contributed by atoms with van der Waals surface area (Å²) in [6.07, 6.45) is 0.978. The van der Waals surface area contributed by atoms with Crippen LogP contribution in [0.25, 0.3) is 0 Å². The molecule has 2 aromatic heterocycles. The van der Waals surface area contributed by atoms with E-state index in [-0.39, 0.29) is 5.97 Å². The van der Waals surface area contributed by atoms with Gasteiger partial charge in [0.1, 0.15) is 0 Å². The topological polar surface area (TPSA) is 64.1 Å². The molecule has 0 aliphatic rings. The number of carbonyl (C=O) groups excluding carboxylic acids is 1. The molecular weight excluding hydrogens is 282 g/mol. The van der Waals surface area contributed by atoms with Crippen molar-refractivity contribution in [3.8, 4) is 0 Å². The minimum Gasteiger partial charge on any atom is -0.469 e. The maximum atomic E-state index is 11.0. The molecule has 2 aromatic rings. The van der Waals surface area contributed by atoms with Gasteiger partial charge in [0, 0.05) is 17.2 Å². The van der Waals surface area contributed by atoms with Crippen LogP contribution in [-0.2, 0) is 22.5 Å². The number of thiazole rings is 2. The Morgan fingerprint density at radius 3 is 2.79 bits per heavy atom. The van der Waals surface area contributed by atoms with E-state index in [1.54, 1.807) is 11.3 Å². The number of esters is 1. The zero-order valence-electron chi connectivity index (χ0n) is 10.8. The van der Waals surface area contributed by atoms with Crippen LogP contribution in [0.3, 0.4) is 0 Å². The SMILES string of the molecule is COC(=O)CCc1csc(NCc2csc(C)n2)n1.